The molecule has 1 fully saturated rings. The maximum absolute atomic E-state index is 11.5. The Balaban J connectivity index is 0.00000169. The van der Waals surface area contributed by atoms with E-state index in [1.807, 2.05) is 14.0 Å². The van der Waals surface area contributed by atoms with Gasteiger partial charge in [-0.25, -0.2) is 0 Å². The van der Waals surface area contributed by atoms with Crippen molar-refractivity contribution in [2.75, 3.05) is 20.1 Å². The second kappa shape index (κ2) is 5.75. The van der Waals surface area contributed by atoms with Crippen molar-refractivity contribution in [3.05, 3.63) is 0 Å². The Morgan fingerprint density at radius 1 is 1.50 bits per heavy atom. The van der Waals surface area contributed by atoms with Gasteiger partial charge in [0.15, 0.2) is 0 Å². The van der Waals surface area contributed by atoms with Crippen LogP contribution in [0, 0.1) is 5.92 Å². The molecule has 2 amide bonds. The molecule has 1 atom stereocenters. The number of likely N-dealkylation sites (N-methyl/N-ethyl adjacent to an activating group) is 1. The highest BCUT2D eigenvalue weighted by atomic mass is 16.2. The third kappa shape index (κ3) is 2.54. The molecule has 1 aliphatic rings. The molecule has 0 aromatic heterocycles. The first kappa shape index (κ1) is 13.1. The molecule has 1 rings (SSSR count). The van der Waals surface area contributed by atoms with E-state index in [2.05, 4.69) is 5.32 Å². The summed E-state index contributed by atoms with van der Waals surface area (Å²) in [7, 11) is 1.81. The summed E-state index contributed by atoms with van der Waals surface area (Å²) < 4.78 is 0. The molecule has 0 saturated carbocycles. The van der Waals surface area contributed by atoms with Gasteiger partial charge >= 0.3 is 0 Å². The van der Waals surface area contributed by atoms with E-state index in [1.165, 1.54) is 4.90 Å². The molecule has 0 aromatic carbocycles. The lowest BCUT2D eigenvalue weighted by molar-refractivity contribution is -0.139. The lowest BCUT2D eigenvalue weighted by Crippen LogP contribution is -2.35. The maximum Gasteiger partial charge on any atom is 0.232 e. The lowest BCUT2D eigenvalue weighted by atomic mass is 10.1. The van der Waals surface area contributed by atoms with E-state index in [1.54, 1.807) is 0 Å². The number of imide groups is 1. The Morgan fingerprint density at radius 3 is 2.57 bits per heavy atom. The summed E-state index contributed by atoms with van der Waals surface area (Å²) in [6.07, 6.45) is 1.17. The molecule has 1 unspecified atom stereocenters. The molecule has 1 saturated heterocycles. The highest BCUT2D eigenvalue weighted by molar-refractivity contribution is 6.03. The normalized spacial score (nSPS) is 21.3. The summed E-state index contributed by atoms with van der Waals surface area (Å²) in [5.74, 6) is -0.0841. The van der Waals surface area contributed by atoms with Gasteiger partial charge in [0.05, 0.1) is 0 Å². The van der Waals surface area contributed by atoms with E-state index < -0.39 is 0 Å². The average molecular weight is 200 g/mol. The molecule has 0 radical (unpaired) electrons. The number of hydrogen-bond donors (Lipinski definition) is 1. The Kier molecular flexibility index (Phi) is 5.38. The van der Waals surface area contributed by atoms with Crippen LogP contribution in [0.3, 0.4) is 0 Å². The summed E-state index contributed by atoms with van der Waals surface area (Å²) in [6.45, 7) is 3.12. The summed E-state index contributed by atoms with van der Waals surface area (Å²) in [5, 5.41) is 2.92. The van der Waals surface area contributed by atoms with E-state index in [0.717, 1.165) is 6.42 Å². The molecule has 4 heteroatoms. The number of nitrogens with one attached hydrogen (secondary N) is 1. The fourth-order valence-electron chi connectivity index (χ4n) is 1.53. The van der Waals surface area contributed by atoms with Crippen molar-refractivity contribution in [2.45, 2.75) is 27.2 Å². The van der Waals surface area contributed by atoms with E-state index in [0.29, 0.717) is 19.5 Å². The van der Waals surface area contributed by atoms with Crippen molar-refractivity contribution in [2.24, 2.45) is 5.92 Å². The first-order valence-corrected chi connectivity index (χ1v) is 4.69. The van der Waals surface area contributed by atoms with Gasteiger partial charge in [-0.15, -0.1) is 0 Å². The minimum absolute atomic E-state index is 0. The smallest absolute Gasteiger partial charge is 0.232 e. The molecule has 0 aromatic rings. The summed E-state index contributed by atoms with van der Waals surface area (Å²) in [6, 6.07) is 0. The minimum atomic E-state index is -0.0654. The monoisotopic (exact) mass is 200 g/mol. The number of nitrogens with zero attached hydrogens (tertiary/aromatic N) is 1. The highest BCUT2D eigenvalue weighted by Gasteiger charge is 2.36. The van der Waals surface area contributed by atoms with Gasteiger partial charge in [0.2, 0.25) is 11.8 Å². The number of amides is 2. The van der Waals surface area contributed by atoms with Gasteiger partial charge in [-0.2, -0.15) is 0 Å². The van der Waals surface area contributed by atoms with E-state index in [-0.39, 0.29) is 25.2 Å². The molecule has 4 nitrogen and oxygen atoms in total. The minimum Gasteiger partial charge on any atom is -0.318 e. The van der Waals surface area contributed by atoms with Crippen LogP contribution in [0.1, 0.15) is 27.2 Å². The highest BCUT2D eigenvalue weighted by Crippen LogP contribution is 2.21. The quantitative estimate of drug-likeness (QED) is 0.677. The molecule has 1 heterocycles. The third-order valence-electron chi connectivity index (χ3n) is 2.42. The number of rotatable bonds is 4. The van der Waals surface area contributed by atoms with Gasteiger partial charge < -0.3 is 5.32 Å². The largest absolute Gasteiger partial charge is 0.318 e. The van der Waals surface area contributed by atoms with Crippen LogP contribution in [0.2, 0.25) is 0 Å². The van der Waals surface area contributed by atoms with Crippen LogP contribution >= 0.6 is 0 Å². The zero-order chi connectivity index (χ0) is 9.84. The second-order valence-electron chi connectivity index (χ2n) is 3.30. The van der Waals surface area contributed by atoms with Crippen molar-refractivity contribution in [1.29, 1.82) is 0 Å². The summed E-state index contributed by atoms with van der Waals surface area (Å²) >= 11 is 0. The fourth-order valence-corrected chi connectivity index (χ4v) is 1.53. The maximum atomic E-state index is 11.5. The van der Waals surface area contributed by atoms with Gasteiger partial charge in [-0.1, -0.05) is 14.4 Å². The van der Waals surface area contributed by atoms with Crippen LogP contribution in [0.4, 0.5) is 0 Å². The number of hydrogen-bond acceptors (Lipinski definition) is 3. The molecule has 14 heavy (non-hydrogen) atoms. The van der Waals surface area contributed by atoms with E-state index in [9.17, 15) is 9.59 Å². The predicted molar refractivity (Wildman–Crippen MR) is 55.8 cm³/mol. The van der Waals surface area contributed by atoms with Crippen molar-refractivity contribution in [3.63, 3.8) is 0 Å². The van der Waals surface area contributed by atoms with Gasteiger partial charge in [0.25, 0.3) is 0 Å². The van der Waals surface area contributed by atoms with Crippen LogP contribution in [0.25, 0.3) is 0 Å². The molecule has 0 bridgehead atoms. The number of carbonyl (C=O) groups is 2. The molecular weight excluding hydrogens is 180 g/mol. The van der Waals surface area contributed by atoms with Crippen molar-refractivity contribution in [3.8, 4) is 0 Å². The van der Waals surface area contributed by atoms with Gasteiger partial charge in [0, 0.05) is 25.4 Å². The third-order valence-corrected chi connectivity index (χ3v) is 2.42. The first-order valence-electron chi connectivity index (χ1n) is 4.69. The topological polar surface area (TPSA) is 49.4 Å². The molecule has 0 spiro atoms. The molecule has 1 N–H and O–H groups in total. The van der Waals surface area contributed by atoms with Gasteiger partial charge in [0.1, 0.15) is 0 Å². The zero-order valence-electron chi connectivity index (χ0n) is 8.17. The van der Waals surface area contributed by atoms with Crippen LogP contribution in [0.15, 0.2) is 0 Å². The standard InChI is InChI=1S/C9H16N2O2.CH4/c1-3-7-6-8(12)11(9(7)13)5-4-10-2;/h7,10H,3-6H2,1-2H3;1H4. The van der Waals surface area contributed by atoms with Crippen LogP contribution in [-0.2, 0) is 9.59 Å². The molecule has 1 aliphatic heterocycles. The Hall–Kier alpha value is -0.900. The second-order valence-corrected chi connectivity index (χ2v) is 3.30. The first-order chi connectivity index (χ1) is 6.20. The van der Waals surface area contributed by atoms with E-state index >= 15 is 0 Å². The predicted octanol–water partition coefficient (Wildman–Crippen LogP) is 0.627. The van der Waals surface area contributed by atoms with Crippen LogP contribution in [-0.4, -0.2) is 36.9 Å². The fraction of sp³-hybridized carbons (Fsp3) is 0.800. The number of carbonyl (C=O) groups excluding carboxylic acids is 2. The molecule has 82 valence electrons. The van der Waals surface area contributed by atoms with Crippen LogP contribution in [0.5, 0.6) is 0 Å². The van der Waals surface area contributed by atoms with Crippen molar-refractivity contribution >= 4 is 11.8 Å². The summed E-state index contributed by atoms with van der Waals surface area (Å²) in [5.41, 5.74) is 0. The SMILES string of the molecule is C.CCC1CC(=O)N(CCNC)C1=O. The van der Waals surface area contributed by atoms with Crippen molar-refractivity contribution in [1.82, 2.24) is 10.2 Å². The Bertz CT molecular complexity index is 216. The Morgan fingerprint density at radius 2 is 2.14 bits per heavy atom. The molecular formula is C10H20N2O2. The Labute approximate surface area is 85.7 Å². The average Bonchev–Trinajstić information content (AvgIpc) is 2.39. The van der Waals surface area contributed by atoms with Crippen molar-refractivity contribution < 1.29 is 9.59 Å². The summed E-state index contributed by atoms with van der Waals surface area (Å²) in [4.78, 5) is 24.2. The van der Waals surface area contributed by atoms with Gasteiger partial charge in [-0.05, 0) is 13.5 Å². The number of likely N-dealkylation sites (tertiary alicyclic amines) is 1. The lowest BCUT2D eigenvalue weighted by Gasteiger charge is -2.13. The van der Waals surface area contributed by atoms with Gasteiger partial charge in [-0.3, -0.25) is 14.5 Å². The van der Waals surface area contributed by atoms with Crippen LogP contribution < -0.4 is 5.32 Å². The van der Waals surface area contributed by atoms with E-state index in [4.69, 9.17) is 0 Å². The zero-order valence-corrected chi connectivity index (χ0v) is 8.17. The molecule has 0 aliphatic carbocycles.